The number of hydrogen-bond acceptors (Lipinski definition) is 6. The summed E-state index contributed by atoms with van der Waals surface area (Å²) >= 11 is 0. The summed E-state index contributed by atoms with van der Waals surface area (Å²) in [5.41, 5.74) is 2.77. The van der Waals surface area contributed by atoms with Gasteiger partial charge in [-0.25, -0.2) is 4.68 Å². The van der Waals surface area contributed by atoms with Crippen LogP contribution < -0.4 is 5.01 Å². The van der Waals surface area contributed by atoms with Gasteiger partial charge in [-0.2, -0.15) is 0 Å². The van der Waals surface area contributed by atoms with Gasteiger partial charge < -0.3 is 5.11 Å². The number of hydrogen-bond donors (Lipinski definition) is 1. The van der Waals surface area contributed by atoms with Crippen LogP contribution >= 0.6 is 0 Å². The largest absolute Gasteiger partial charge is 0.390 e. The van der Waals surface area contributed by atoms with Gasteiger partial charge in [0, 0.05) is 5.92 Å². The SMILES string of the molecule is O=C1C2C=CC(C(O)C(c3ccccc3)c3ccccc3)N(n3cnnc3)C2C(=O)N1Cc1ccccc1. The molecule has 1 aromatic heterocycles. The molecular weight excluding hydrogens is 478 g/mol. The molecule has 4 atom stereocenters. The number of nitrogens with zero attached hydrogens (tertiary/aromatic N) is 5. The summed E-state index contributed by atoms with van der Waals surface area (Å²) in [5.74, 6) is -1.62. The van der Waals surface area contributed by atoms with Crippen LogP contribution in [0, 0.1) is 5.92 Å². The Morgan fingerprint density at radius 1 is 0.737 bits per heavy atom. The molecule has 1 N–H and O–H groups in total. The predicted molar refractivity (Wildman–Crippen MR) is 141 cm³/mol. The summed E-state index contributed by atoms with van der Waals surface area (Å²) in [6.07, 6.45) is 5.64. The Kier molecular flexibility index (Phi) is 6.31. The summed E-state index contributed by atoms with van der Waals surface area (Å²) in [5, 5.41) is 21.7. The number of fused-ring (bicyclic) bond motifs is 1. The maximum absolute atomic E-state index is 13.8. The van der Waals surface area contributed by atoms with Crippen molar-refractivity contribution in [2.75, 3.05) is 5.01 Å². The minimum absolute atomic E-state index is 0.194. The van der Waals surface area contributed by atoms with Crippen molar-refractivity contribution in [1.82, 2.24) is 19.8 Å². The zero-order chi connectivity index (χ0) is 26.1. The molecule has 0 radical (unpaired) electrons. The lowest BCUT2D eigenvalue weighted by atomic mass is 9.81. The van der Waals surface area contributed by atoms with Crippen LogP contribution in [0.15, 0.2) is 116 Å². The lowest BCUT2D eigenvalue weighted by Gasteiger charge is -2.43. The van der Waals surface area contributed by atoms with E-state index in [-0.39, 0.29) is 24.3 Å². The average Bonchev–Trinajstić information content (AvgIpc) is 3.58. The quantitative estimate of drug-likeness (QED) is 0.307. The number of carbonyl (C=O) groups excluding carboxylic acids is 2. The molecule has 1 fully saturated rings. The van der Waals surface area contributed by atoms with Crippen LogP contribution in [0.2, 0.25) is 0 Å². The van der Waals surface area contributed by atoms with Gasteiger partial charge >= 0.3 is 0 Å². The topological polar surface area (TPSA) is 91.6 Å². The third kappa shape index (κ3) is 4.18. The summed E-state index contributed by atoms with van der Waals surface area (Å²) < 4.78 is 1.61. The van der Waals surface area contributed by atoms with E-state index in [0.717, 1.165) is 16.7 Å². The van der Waals surface area contributed by atoms with Gasteiger partial charge in [0.2, 0.25) is 5.91 Å². The van der Waals surface area contributed by atoms with Crippen LogP contribution in [-0.2, 0) is 16.1 Å². The fourth-order valence-electron chi connectivity index (χ4n) is 5.62. The monoisotopic (exact) mass is 505 g/mol. The molecule has 0 aliphatic carbocycles. The molecule has 0 bridgehead atoms. The predicted octanol–water partition coefficient (Wildman–Crippen LogP) is 2.90. The van der Waals surface area contributed by atoms with Crippen molar-refractivity contribution in [2.45, 2.75) is 30.7 Å². The Morgan fingerprint density at radius 3 is 1.87 bits per heavy atom. The minimum atomic E-state index is -0.953. The fourth-order valence-corrected chi connectivity index (χ4v) is 5.62. The third-order valence-corrected chi connectivity index (χ3v) is 7.38. The second kappa shape index (κ2) is 10.1. The van der Waals surface area contributed by atoms with E-state index in [0.29, 0.717) is 0 Å². The number of imide groups is 1. The fraction of sp³-hybridized carbons (Fsp3) is 0.200. The number of aliphatic hydroxyl groups is 1. The van der Waals surface area contributed by atoms with Crippen LogP contribution in [0.1, 0.15) is 22.6 Å². The Bertz CT molecular complexity index is 1390. The molecular formula is C30H27N5O3. The smallest absolute Gasteiger partial charge is 0.255 e. The van der Waals surface area contributed by atoms with Gasteiger partial charge in [-0.3, -0.25) is 19.5 Å². The first-order chi connectivity index (χ1) is 18.6. The summed E-state index contributed by atoms with van der Waals surface area (Å²) in [7, 11) is 0. The van der Waals surface area contributed by atoms with Crippen molar-refractivity contribution in [3.05, 3.63) is 132 Å². The Hall–Kier alpha value is -4.56. The van der Waals surface area contributed by atoms with E-state index in [1.165, 1.54) is 17.6 Å². The molecule has 1 saturated heterocycles. The average molecular weight is 506 g/mol. The second-order valence-electron chi connectivity index (χ2n) is 9.61. The molecule has 4 unspecified atom stereocenters. The van der Waals surface area contributed by atoms with Crippen LogP contribution in [-0.4, -0.2) is 54.9 Å². The lowest BCUT2D eigenvalue weighted by molar-refractivity contribution is -0.139. The summed E-state index contributed by atoms with van der Waals surface area (Å²) in [6, 6.07) is 27.6. The first-order valence-electron chi connectivity index (χ1n) is 12.6. The van der Waals surface area contributed by atoms with Crippen LogP contribution in [0.3, 0.4) is 0 Å². The van der Waals surface area contributed by atoms with E-state index in [4.69, 9.17) is 0 Å². The number of aromatic nitrogens is 3. The zero-order valence-corrected chi connectivity index (χ0v) is 20.6. The molecule has 190 valence electrons. The molecule has 2 aliphatic rings. The van der Waals surface area contributed by atoms with Crippen molar-refractivity contribution >= 4 is 11.8 Å². The second-order valence-corrected chi connectivity index (χ2v) is 9.61. The van der Waals surface area contributed by atoms with Gasteiger partial charge in [-0.1, -0.05) is 103 Å². The summed E-state index contributed by atoms with van der Waals surface area (Å²) in [4.78, 5) is 28.6. The van der Waals surface area contributed by atoms with Crippen molar-refractivity contribution in [2.24, 2.45) is 5.92 Å². The van der Waals surface area contributed by atoms with Crippen LogP contribution in [0.5, 0.6) is 0 Å². The third-order valence-electron chi connectivity index (χ3n) is 7.38. The van der Waals surface area contributed by atoms with E-state index in [1.807, 2.05) is 97.1 Å². The molecule has 8 nitrogen and oxygen atoms in total. The Morgan fingerprint density at radius 2 is 1.29 bits per heavy atom. The number of benzene rings is 3. The summed E-state index contributed by atoms with van der Waals surface area (Å²) in [6.45, 7) is 0.194. The van der Waals surface area contributed by atoms with Gasteiger partial charge in [0.15, 0.2) is 0 Å². The highest BCUT2D eigenvalue weighted by atomic mass is 16.3. The highest BCUT2D eigenvalue weighted by Crippen LogP contribution is 2.37. The van der Waals surface area contributed by atoms with Crippen LogP contribution in [0.4, 0.5) is 0 Å². The van der Waals surface area contributed by atoms with E-state index < -0.39 is 24.1 Å². The van der Waals surface area contributed by atoms with Crippen molar-refractivity contribution in [3.8, 4) is 0 Å². The normalized spacial score (nSPS) is 21.7. The highest BCUT2D eigenvalue weighted by Gasteiger charge is 2.54. The Balaban J connectivity index is 1.40. The van der Waals surface area contributed by atoms with Crippen molar-refractivity contribution < 1.29 is 14.7 Å². The molecule has 2 amide bonds. The van der Waals surface area contributed by atoms with E-state index in [9.17, 15) is 14.7 Å². The maximum Gasteiger partial charge on any atom is 0.255 e. The lowest BCUT2D eigenvalue weighted by Crippen LogP contribution is -2.61. The van der Waals surface area contributed by atoms with Gasteiger partial charge in [0.25, 0.3) is 5.91 Å². The Labute approximate surface area is 220 Å². The molecule has 0 saturated carbocycles. The van der Waals surface area contributed by atoms with Crippen molar-refractivity contribution in [3.63, 3.8) is 0 Å². The minimum Gasteiger partial charge on any atom is -0.390 e. The molecule has 3 heterocycles. The molecule has 3 aromatic carbocycles. The maximum atomic E-state index is 13.8. The van der Waals surface area contributed by atoms with E-state index >= 15 is 0 Å². The number of amides is 2. The first-order valence-corrected chi connectivity index (χ1v) is 12.6. The van der Waals surface area contributed by atoms with Gasteiger partial charge in [0.1, 0.15) is 18.7 Å². The van der Waals surface area contributed by atoms with Gasteiger partial charge in [-0.05, 0) is 16.7 Å². The highest BCUT2D eigenvalue weighted by molar-refractivity contribution is 6.09. The molecule has 8 heteroatoms. The van der Waals surface area contributed by atoms with E-state index in [1.54, 1.807) is 15.8 Å². The molecule has 4 aromatic rings. The van der Waals surface area contributed by atoms with Crippen molar-refractivity contribution in [1.29, 1.82) is 0 Å². The first kappa shape index (κ1) is 23.8. The number of rotatable bonds is 7. The number of aliphatic hydroxyl groups excluding tert-OH is 1. The van der Waals surface area contributed by atoms with Crippen LogP contribution in [0.25, 0.3) is 0 Å². The zero-order valence-electron chi connectivity index (χ0n) is 20.6. The van der Waals surface area contributed by atoms with Gasteiger partial charge in [0.05, 0.1) is 24.6 Å². The molecule has 2 aliphatic heterocycles. The van der Waals surface area contributed by atoms with E-state index in [2.05, 4.69) is 10.2 Å². The number of likely N-dealkylation sites (tertiary alicyclic amines) is 1. The van der Waals surface area contributed by atoms with Gasteiger partial charge in [-0.15, -0.1) is 10.2 Å². The number of carbonyl (C=O) groups is 2. The molecule has 6 rings (SSSR count). The standard InChI is InChI=1S/C30H27N5O3/c36-28(26(22-12-6-2-7-13-22)23-14-8-3-9-15-23)25-17-16-24-27(35(25)33-19-31-32-20-33)30(38)34(29(24)37)18-21-10-4-1-5-11-21/h1-17,19-20,24-28,36H,18H2. The molecule has 0 spiro atoms. The molecule has 38 heavy (non-hydrogen) atoms.